The molecule has 0 fully saturated rings. The second-order valence-electron chi connectivity index (χ2n) is 5.44. The summed E-state index contributed by atoms with van der Waals surface area (Å²) in [5, 5.41) is 8.14. The first-order chi connectivity index (χ1) is 12.5. The second-order valence-corrected chi connectivity index (χ2v) is 5.44. The lowest BCUT2D eigenvalue weighted by atomic mass is 10.1. The summed E-state index contributed by atoms with van der Waals surface area (Å²) in [6, 6.07) is 13.2. The van der Waals surface area contributed by atoms with Gasteiger partial charge in [-0.1, -0.05) is 18.2 Å². The zero-order valence-electron chi connectivity index (χ0n) is 14.7. The van der Waals surface area contributed by atoms with E-state index >= 15 is 0 Å². The van der Waals surface area contributed by atoms with Crippen LogP contribution in [-0.2, 0) is 11.3 Å². The number of carbonyl (C=O) groups excluding carboxylic acids is 3. The molecule has 0 heterocycles. The minimum atomic E-state index is -0.497. The van der Waals surface area contributed by atoms with E-state index in [1.54, 1.807) is 30.3 Å². The number of methoxy groups -OCH3 is 1. The van der Waals surface area contributed by atoms with E-state index in [4.69, 9.17) is 0 Å². The molecule has 7 nitrogen and oxygen atoms in total. The number of urea groups is 1. The van der Waals surface area contributed by atoms with Gasteiger partial charge in [0, 0.05) is 24.3 Å². The number of hydrogen-bond acceptors (Lipinski definition) is 4. The van der Waals surface area contributed by atoms with Crippen LogP contribution in [0, 0.1) is 0 Å². The Morgan fingerprint density at radius 2 is 1.65 bits per heavy atom. The fraction of sp³-hybridized carbons (Fsp3) is 0.211. The van der Waals surface area contributed by atoms with Gasteiger partial charge in [-0.25, -0.2) is 9.59 Å². The minimum absolute atomic E-state index is 0.227. The average molecular weight is 355 g/mol. The third kappa shape index (κ3) is 5.34. The lowest BCUT2D eigenvalue weighted by Crippen LogP contribution is -2.34. The molecule has 0 saturated heterocycles. The normalized spacial score (nSPS) is 9.92. The monoisotopic (exact) mass is 355 g/mol. The summed E-state index contributed by atoms with van der Waals surface area (Å²) >= 11 is 0. The van der Waals surface area contributed by atoms with Crippen molar-refractivity contribution in [3.05, 3.63) is 65.2 Å². The minimum Gasteiger partial charge on any atom is -0.465 e. The van der Waals surface area contributed by atoms with Crippen molar-refractivity contribution in [2.24, 2.45) is 0 Å². The SMILES string of the molecule is CCNC(=O)NCc1ccc(NC(=O)c2cccc(C(=O)OC)c2)cc1. The predicted molar refractivity (Wildman–Crippen MR) is 98.1 cm³/mol. The zero-order chi connectivity index (χ0) is 18.9. The number of anilines is 1. The molecule has 0 aromatic heterocycles. The Bertz CT molecular complexity index is 788. The van der Waals surface area contributed by atoms with E-state index in [1.807, 2.05) is 19.1 Å². The summed E-state index contributed by atoms with van der Waals surface area (Å²) in [6.45, 7) is 2.80. The highest BCUT2D eigenvalue weighted by atomic mass is 16.5. The van der Waals surface area contributed by atoms with Gasteiger partial charge < -0.3 is 20.7 Å². The number of rotatable bonds is 6. The van der Waals surface area contributed by atoms with Crippen molar-refractivity contribution >= 4 is 23.6 Å². The van der Waals surface area contributed by atoms with Gasteiger partial charge >= 0.3 is 12.0 Å². The largest absolute Gasteiger partial charge is 0.465 e. The van der Waals surface area contributed by atoms with Crippen LogP contribution in [0.25, 0.3) is 0 Å². The summed E-state index contributed by atoms with van der Waals surface area (Å²) < 4.78 is 4.65. The standard InChI is InChI=1S/C19H21N3O4/c1-3-20-19(25)21-12-13-7-9-16(10-8-13)22-17(23)14-5-4-6-15(11-14)18(24)26-2/h4-11H,3,12H2,1-2H3,(H,22,23)(H2,20,21,25). The molecule has 136 valence electrons. The van der Waals surface area contributed by atoms with Crippen molar-refractivity contribution in [1.82, 2.24) is 10.6 Å². The first-order valence-electron chi connectivity index (χ1n) is 8.14. The van der Waals surface area contributed by atoms with E-state index in [0.717, 1.165) is 5.56 Å². The highest BCUT2D eigenvalue weighted by molar-refractivity contribution is 6.05. The number of benzene rings is 2. The maximum atomic E-state index is 12.3. The van der Waals surface area contributed by atoms with Crippen LogP contribution in [0.4, 0.5) is 10.5 Å². The number of esters is 1. The van der Waals surface area contributed by atoms with Gasteiger partial charge in [-0.3, -0.25) is 4.79 Å². The van der Waals surface area contributed by atoms with Gasteiger partial charge in [-0.05, 0) is 42.8 Å². The summed E-state index contributed by atoms with van der Waals surface area (Å²) in [6.07, 6.45) is 0. The molecule has 3 N–H and O–H groups in total. The molecule has 0 radical (unpaired) electrons. The topological polar surface area (TPSA) is 96.5 Å². The van der Waals surface area contributed by atoms with E-state index in [0.29, 0.717) is 29.9 Å². The molecule has 0 spiro atoms. The summed E-state index contributed by atoms with van der Waals surface area (Å²) in [7, 11) is 1.29. The Hall–Kier alpha value is -3.35. The van der Waals surface area contributed by atoms with E-state index in [-0.39, 0.29) is 11.9 Å². The highest BCUT2D eigenvalue weighted by Gasteiger charge is 2.11. The van der Waals surface area contributed by atoms with Crippen LogP contribution in [0.15, 0.2) is 48.5 Å². The summed E-state index contributed by atoms with van der Waals surface area (Å²) in [5.41, 5.74) is 2.18. The molecule has 7 heteroatoms. The van der Waals surface area contributed by atoms with Crippen molar-refractivity contribution in [1.29, 1.82) is 0 Å². The average Bonchev–Trinajstić information content (AvgIpc) is 2.67. The van der Waals surface area contributed by atoms with Crippen LogP contribution in [0.1, 0.15) is 33.2 Å². The van der Waals surface area contributed by atoms with Gasteiger partial charge in [-0.15, -0.1) is 0 Å². The molecule has 2 aromatic carbocycles. The predicted octanol–water partition coefficient (Wildman–Crippen LogP) is 2.54. The van der Waals surface area contributed by atoms with E-state index in [2.05, 4.69) is 20.7 Å². The molecule has 0 aliphatic heterocycles. The fourth-order valence-electron chi connectivity index (χ4n) is 2.22. The first kappa shape index (κ1) is 19.0. The van der Waals surface area contributed by atoms with Crippen LogP contribution in [0.3, 0.4) is 0 Å². The van der Waals surface area contributed by atoms with Gasteiger partial charge in [0.05, 0.1) is 12.7 Å². The molecule has 3 amide bonds. The number of amides is 3. The van der Waals surface area contributed by atoms with Crippen molar-refractivity contribution in [2.45, 2.75) is 13.5 Å². The van der Waals surface area contributed by atoms with Gasteiger partial charge in [0.1, 0.15) is 0 Å². The lowest BCUT2D eigenvalue weighted by molar-refractivity contribution is 0.0600. The quantitative estimate of drug-likeness (QED) is 0.694. The van der Waals surface area contributed by atoms with Crippen LogP contribution in [0.2, 0.25) is 0 Å². The van der Waals surface area contributed by atoms with Gasteiger partial charge in [-0.2, -0.15) is 0 Å². The van der Waals surface area contributed by atoms with Gasteiger partial charge in [0.2, 0.25) is 0 Å². The number of hydrogen-bond donors (Lipinski definition) is 3. The summed E-state index contributed by atoms with van der Waals surface area (Å²) in [4.78, 5) is 35.2. The second kappa shape index (κ2) is 9.22. The molecular weight excluding hydrogens is 334 g/mol. The van der Waals surface area contributed by atoms with Crippen LogP contribution < -0.4 is 16.0 Å². The van der Waals surface area contributed by atoms with Crippen molar-refractivity contribution in [2.75, 3.05) is 19.0 Å². The van der Waals surface area contributed by atoms with Crippen LogP contribution >= 0.6 is 0 Å². The maximum Gasteiger partial charge on any atom is 0.337 e. The molecule has 0 aliphatic carbocycles. The first-order valence-corrected chi connectivity index (χ1v) is 8.14. The molecule has 0 aliphatic rings. The van der Waals surface area contributed by atoms with Crippen LogP contribution in [0.5, 0.6) is 0 Å². The third-order valence-electron chi connectivity index (χ3n) is 3.55. The molecule has 0 atom stereocenters. The van der Waals surface area contributed by atoms with Crippen LogP contribution in [-0.4, -0.2) is 31.6 Å². The molecular formula is C19H21N3O4. The van der Waals surface area contributed by atoms with E-state index in [1.165, 1.54) is 13.2 Å². The number of nitrogens with one attached hydrogen (secondary N) is 3. The Morgan fingerprint density at radius 1 is 0.962 bits per heavy atom. The number of carbonyl (C=O) groups is 3. The zero-order valence-corrected chi connectivity index (χ0v) is 14.7. The Kier molecular flexibility index (Phi) is 6.73. The maximum absolute atomic E-state index is 12.3. The molecule has 2 aromatic rings. The molecule has 26 heavy (non-hydrogen) atoms. The lowest BCUT2D eigenvalue weighted by Gasteiger charge is -2.09. The molecule has 0 saturated carbocycles. The van der Waals surface area contributed by atoms with Gasteiger partial charge in [0.15, 0.2) is 0 Å². The van der Waals surface area contributed by atoms with E-state index < -0.39 is 5.97 Å². The van der Waals surface area contributed by atoms with Crippen molar-refractivity contribution in [3.63, 3.8) is 0 Å². The third-order valence-corrected chi connectivity index (χ3v) is 3.55. The number of ether oxygens (including phenoxy) is 1. The fourth-order valence-corrected chi connectivity index (χ4v) is 2.22. The highest BCUT2D eigenvalue weighted by Crippen LogP contribution is 2.13. The van der Waals surface area contributed by atoms with E-state index in [9.17, 15) is 14.4 Å². The summed E-state index contributed by atoms with van der Waals surface area (Å²) in [5.74, 6) is -0.826. The molecule has 0 unspecified atom stereocenters. The molecule has 2 rings (SSSR count). The Labute approximate surface area is 151 Å². The van der Waals surface area contributed by atoms with Crippen molar-refractivity contribution < 1.29 is 19.1 Å². The van der Waals surface area contributed by atoms with Crippen molar-refractivity contribution in [3.8, 4) is 0 Å². The Balaban J connectivity index is 1.97. The molecule has 0 bridgehead atoms. The smallest absolute Gasteiger partial charge is 0.337 e. The van der Waals surface area contributed by atoms with Gasteiger partial charge in [0.25, 0.3) is 5.91 Å². The Morgan fingerprint density at radius 3 is 2.31 bits per heavy atom.